The van der Waals surface area contributed by atoms with E-state index in [1.165, 1.54) is 4.90 Å². The molecule has 7 atom stereocenters. The molecule has 208 valence electrons. The molecule has 0 saturated carbocycles. The molecule has 39 heavy (non-hydrogen) atoms. The monoisotopic (exact) mass is 597 g/mol. The van der Waals surface area contributed by atoms with Crippen LogP contribution in [0, 0.1) is 31.6 Å². The van der Waals surface area contributed by atoms with Crippen LogP contribution in [0.15, 0.2) is 48.5 Å². The highest BCUT2D eigenvalue weighted by molar-refractivity contribution is 9.09. The van der Waals surface area contributed by atoms with Gasteiger partial charge >= 0.3 is 0 Å². The van der Waals surface area contributed by atoms with Crippen molar-refractivity contribution in [3.05, 3.63) is 65.2 Å². The van der Waals surface area contributed by atoms with Gasteiger partial charge in [-0.05, 0) is 42.9 Å². The van der Waals surface area contributed by atoms with Gasteiger partial charge in [0, 0.05) is 17.1 Å². The minimum absolute atomic E-state index is 0.119. The molecule has 1 spiro atoms. The second-order valence-corrected chi connectivity index (χ2v) is 12.5. The van der Waals surface area contributed by atoms with Crippen LogP contribution in [0.4, 0.5) is 5.69 Å². The number of carbonyl (C=O) groups excluding carboxylic acids is 3. The lowest BCUT2D eigenvalue weighted by molar-refractivity contribution is -0.145. The molecule has 5 rings (SSSR count). The highest BCUT2D eigenvalue weighted by Crippen LogP contribution is 2.60. The maximum atomic E-state index is 14.2. The number of hydrogen-bond acceptors (Lipinski definition) is 5. The Morgan fingerprint density at radius 1 is 1.10 bits per heavy atom. The average molecular weight is 599 g/mol. The van der Waals surface area contributed by atoms with Crippen molar-refractivity contribution in [3.63, 3.8) is 0 Å². The lowest BCUT2D eigenvalue weighted by atomic mass is 9.70. The number of ether oxygens (including phenoxy) is 1. The minimum Gasteiger partial charge on any atom is -0.394 e. The van der Waals surface area contributed by atoms with E-state index >= 15 is 0 Å². The van der Waals surface area contributed by atoms with Crippen LogP contribution in [-0.2, 0) is 25.7 Å². The van der Waals surface area contributed by atoms with Gasteiger partial charge in [-0.25, -0.2) is 0 Å². The molecular weight excluding hydrogens is 562 g/mol. The van der Waals surface area contributed by atoms with Crippen LogP contribution in [0.3, 0.4) is 0 Å². The van der Waals surface area contributed by atoms with E-state index in [2.05, 4.69) is 26.6 Å². The SMILES string of the molecule is Cc1cccc(C)c1NC(=O)C1N([C@@H](CO)C(C)C)C(=O)[C@@H]2[C@H](C(=O)NCc3ccccc3)[C@H]3OC12CC3Br. The fourth-order valence-electron chi connectivity index (χ4n) is 6.75. The normalized spacial score (nSPS) is 30.0. The molecule has 8 nitrogen and oxygen atoms in total. The number of rotatable bonds is 8. The molecule has 3 amide bonds. The summed E-state index contributed by atoms with van der Waals surface area (Å²) in [5, 5.41) is 16.4. The second kappa shape index (κ2) is 10.7. The molecule has 3 aliphatic heterocycles. The van der Waals surface area contributed by atoms with Gasteiger partial charge in [-0.3, -0.25) is 14.4 Å². The third-order valence-electron chi connectivity index (χ3n) is 8.63. The van der Waals surface area contributed by atoms with Crippen molar-refractivity contribution in [1.29, 1.82) is 0 Å². The van der Waals surface area contributed by atoms with Gasteiger partial charge in [-0.1, -0.05) is 78.3 Å². The summed E-state index contributed by atoms with van der Waals surface area (Å²) >= 11 is 3.71. The van der Waals surface area contributed by atoms with E-state index in [0.717, 1.165) is 16.7 Å². The number of hydrogen-bond donors (Lipinski definition) is 3. The van der Waals surface area contributed by atoms with E-state index < -0.39 is 35.6 Å². The van der Waals surface area contributed by atoms with Crippen LogP contribution in [-0.4, -0.2) is 63.0 Å². The van der Waals surface area contributed by atoms with Crippen LogP contribution < -0.4 is 10.6 Å². The minimum atomic E-state index is -1.19. The van der Waals surface area contributed by atoms with E-state index in [1.54, 1.807) is 0 Å². The fourth-order valence-corrected chi connectivity index (χ4v) is 7.69. The first kappa shape index (κ1) is 27.8. The third kappa shape index (κ3) is 4.58. The Morgan fingerprint density at radius 2 is 1.77 bits per heavy atom. The first-order chi connectivity index (χ1) is 18.6. The van der Waals surface area contributed by atoms with E-state index in [0.29, 0.717) is 18.7 Å². The standard InChI is InChI=1S/C30H36BrN3O5/c1-16(2)21(15-35)34-26(28(37)33-24-17(3)9-8-10-18(24)4)30-13-20(31)25(39-30)22(23(30)29(34)38)27(36)32-14-19-11-6-5-7-12-19/h5-12,16,20-23,25-26,35H,13-15H2,1-4H3,(H,32,36)(H,33,37)/t20?,21-,22-,23-,25-,26?,30?/m0/s1. The maximum absolute atomic E-state index is 14.2. The Labute approximate surface area is 237 Å². The molecule has 3 aliphatic rings. The van der Waals surface area contributed by atoms with Crippen molar-refractivity contribution in [1.82, 2.24) is 10.2 Å². The zero-order valence-electron chi connectivity index (χ0n) is 22.7. The molecule has 9 heteroatoms. The lowest BCUT2D eigenvalue weighted by Crippen LogP contribution is -2.57. The number of aliphatic hydroxyl groups is 1. The highest BCUT2D eigenvalue weighted by atomic mass is 79.9. The predicted octanol–water partition coefficient (Wildman–Crippen LogP) is 3.32. The molecule has 0 aliphatic carbocycles. The van der Waals surface area contributed by atoms with Crippen LogP contribution in [0.5, 0.6) is 0 Å². The van der Waals surface area contributed by atoms with Crippen LogP contribution >= 0.6 is 15.9 Å². The Kier molecular flexibility index (Phi) is 7.61. The number of halogens is 1. The van der Waals surface area contributed by atoms with Crippen molar-refractivity contribution < 1.29 is 24.2 Å². The van der Waals surface area contributed by atoms with Gasteiger partial charge in [-0.15, -0.1) is 0 Å². The summed E-state index contributed by atoms with van der Waals surface area (Å²) < 4.78 is 6.58. The Bertz CT molecular complexity index is 1250. The number of likely N-dealkylation sites (tertiary alicyclic amines) is 1. The topological polar surface area (TPSA) is 108 Å². The van der Waals surface area contributed by atoms with E-state index in [4.69, 9.17) is 4.74 Å². The molecule has 0 radical (unpaired) electrons. The van der Waals surface area contributed by atoms with Crippen molar-refractivity contribution in [3.8, 4) is 0 Å². The van der Waals surface area contributed by atoms with Crippen molar-refractivity contribution in [2.75, 3.05) is 11.9 Å². The zero-order valence-corrected chi connectivity index (χ0v) is 24.3. The molecule has 2 aromatic rings. The quantitative estimate of drug-likeness (QED) is 0.405. The van der Waals surface area contributed by atoms with Crippen LogP contribution in [0.25, 0.3) is 0 Å². The van der Waals surface area contributed by atoms with Gasteiger partial charge in [0.1, 0.15) is 11.6 Å². The number of nitrogens with zero attached hydrogens (tertiary/aromatic N) is 1. The van der Waals surface area contributed by atoms with Crippen LogP contribution in [0.1, 0.15) is 37.0 Å². The number of para-hydroxylation sites is 1. The Hall–Kier alpha value is -2.75. The summed E-state index contributed by atoms with van der Waals surface area (Å²) in [7, 11) is 0. The summed E-state index contributed by atoms with van der Waals surface area (Å²) in [5.74, 6) is -2.65. The van der Waals surface area contributed by atoms with Crippen molar-refractivity contribution >= 4 is 39.3 Å². The van der Waals surface area contributed by atoms with Crippen molar-refractivity contribution in [2.24, 2.45) is 17.8 Å². The van der Waals surface area contributed by atoms with Gasteiger partial charge in [0.25, 0.3) is 0 Å². The molecule has 0 aromatic heterocycles. The zero-order chi connectivity index (χ0) is 28.1. The summed E-state index contributed by atoms with van der Waals surface area (Å²) in [6.07, 6.45) is -0.132. The summed E-state index contributed by atoms with van der Waals surface area (Å²) in [5.41, 5.74) is 2.27. The first-order valence-electron chi connectivity index (χ1n) is 13.5. The maximum Gasteiger partial charge on any atom is 0.250 e. The molecular formula is C30H36BrN3O5. The number of alkyl halides is 1. The van der Waals surface area contributed by atoms with E-state index in [-0.39, 0.29) is 35.1 Å². The van der Waals surface area contributed by atoms with Gasteiger partial charge in [0.2, 0.25) is 17.7 Å². The smallest absolute Gasteiger partial charge is 0.250 e. The van der Waals surface area contributed by atoms with Gasteiger partial charge < -0.3 is 25.4 Å². The lowest BCUT2D eigenvalue weighted by Gasteiger charge is -2.38. The summed E-state index contributed by atoms with van der Waals surface area (Å²) in [4.78, 5) is 43.3. The van der Waals surface area contributed by atoms with E-state index in [9.17, 15) is 19.5 Å². The largest absolute Gasteiger partial charge is 0.394 e. The molecule has 3 N–H and O–H groups in total. The molecule has 3 unspecified atom stereocenters. The Morgan fingerprint density at radius 3 is 2.38 bits per heavy atom. The molecule has 2 bridgehead atoms. The van der Waals surface area contributed by atoms with Crippen molar-refractivity contribution in [2.45, 2.75) is 69.3 Å². The first-order valence-corrected chi connectivity index (χ1v) is 14.5. The van der Waals surface area contributed by atoms with Gasteiger partial charge in [0.15, 0.2) is 0 Å². The molecule has 3 saturated heterocycles. The number of amides is 3. The molecule has 2 aromatic carbocycles. The highest BCUT2D eigenvalue weighted by Gasteiger charge is 2.77. The number of nitrogens with one attached hydrogen (secondary N) is 2. The third-order valence-corrected chi connectivity index (χ3v) is 9.48. The van der Waals surface area contributed by atoms with Gasteiger partial charge in [0.05, 0.1) is 30.6 Å². The predicted molar refractivity (Wildman–Crippen MR) is 151 cm³/mol. The number of carbonyl (C=O) groups is 3. The summed E-state index contributed by atoms with van der Waals surface area (Å²) in [6.45, 7) is 7.70. The summed E-state index contributed by atoms with van der Waals surface area (Å²) in [6, 6.07) is 13.8. The second-order valence-electron chi connectivity index (χ2n) is 11.4. The number of aryl methyl sites for hydroxylation is 2. The van der Waals surface area contributed by atoms with Gasteiger partial charge in [-0.2, -0.15) is 0 Å². The number of benzene rings is 2. The average Bonchev–Trinajstić information content (AvgIpc) is 3.49. The number of fused-ring (bicyclic) bond motifs is 1. The Balaban J connectivity index is 1.52. The number of aliphatic hydroxyl groups excluding tert-OH is 1. The molecule has 3 heterocycles. The van der Waals surface area contributed by atoms with Crippen LogP contribution in [0.2, 0.25) is 0 Å². The molecule has 3 fully saturated rings. The van der Waals surface area contributed by atoms with E-state index in [1.807, 2.05) is 76.2 Å². The number of anilines is 1. The fraction of sp³-hybridized carbons (Fsp3) is 0.500.